The maximum absolute atomic E-state index is 12.1. The summed E-state index contributed by atoms with van der Waals surface area (Å²) >= 11 is 2.61. The quantitative estimate of drug-likeness (QED) is 0.542. The second-order valence-electron chi connectivity index (χ2n) is 5.68. The van der Waals surface area contributed by atoms with E-state index in [2.05, 4.69) is 15.5 Å². The molecule has 0 saturated heterocycles. The molecule has 0 spiro atoms. The number of aromatic carboxylic acids is 1. The average molecular weight is 430 g/mol. The number of carbonyl (C=O) groups is 2. The Balaban J connectivity index is 1.60. The first-order valence-corrected chi connectivity index (χ1v) is 10.1. The Morgan fingerprint density at radius 1 is 1.07 bits per heavy atom. The molecule has 3 rings (SSSR count). The van der Waals surface area contributed by atoms with Gasteiger partial charge in [0.2, 0.25) is 5.91 Å². The number of methoxy groups -OCH3 is 2. The van der Waals surface area contributed by atoms with Crippen LogP contribution in [0.2, 0.25) is 0 Å². The van der Waals surface area contributed by atoms with Gasteiger partial charge in [0.15, 0.2) is 4.34 Å². The second-order valence-corrected chi connectivity index (χ2v) is 7.88. The SMILES string of the molecule is COc1cc(OC)cc(-c2nnc(SCC(=O)Nc3ccc(C(=O)[O-])cc3)s2)c1. The summed E-state index contributed by atoms with van der Waals surface area (Å²) in [6.07, 6.45) is 0. The van der Waals surface area contributed by atoms with Gasteiger partial charge in [0, 0.05) is 17.3 Å². The van der Waals surface area contributed by atoms with Crippen LogP contribution in [0.3, 0.4) is 0 Å². The number of benzene rings is 2. The van der Waals surface area contributed by atoms with Crippen molar-refractivity contribution >= 4 is 40.7 Å². The van der Waals surface area contributed by atoms with Gasteiger partial charge in [-0.15, -0.1) is 10.2 Å². The first kappa shape index (κ1) is 20.6. The molecule has 150 valence electrons. The number of carboxylic acid groups (broad SMARTS) is 1. The number of thioether (sulfide) groups is 1. The van der Waals surface area contributed by atoms with Gasteiger partial charge in [-0.3, -0.25) is 4.79 Å². The van der Waals surface area contributed by atoms with Gasteiger partial charge in [-0.05, 0) is 29.8 Å². The average Bonchev–Trinajstić information content (AvgIpc) is 3.21. The van der Waals surface area contributed by atoms with Crippen LogP contribution >= 0.6 is 23.1 Å². The Kier molecular flexibility index (Phi) is 6.68. The van der Waals surface area contributed by atoms with E-state index in [-0.39, 0.29) is 17.2 Å². The van der Waals surface area contributed by atoms with E-state index in [0.29, 0.717) is 26.5 Å². The normalized spacial score (nSPS) is 10.4. The van der Waals surface area contributed by atoms with Gasteiger partial charge < -0.3 is 24.7 Å². The fraction of sp³-hybridized carbons (Fsp3) is 0.158. The van der Waals surface area contributed by atoms with Gasteiger partial charge in [-0.1, -0.05) is 35.2 Å². The van der Waals surface area contributed by atoms with Gasteiger partial charge in [0.25, 0.3) is 0 Å². The number of carboxylic acids is 1. The summed E-state index contributed by atoms with van der Waals surface area (Å²) < 4.78 is 11.2. The molecule has 0 radical (unpaired) electrons. The number of nitrogens with one attached hydrogen (secondary N) is 1. The molecule has 0 fully saturated rings. The summed E-state index contributed by atoms with van der Waals surface area (Å²) in [5.74, 6) is -0.0750. The Morgan fingerprint density at radius 2 is 1.72 bits per heavy atom. The first-order valence-electron chi connectivity index (χ1n) is 8.29. The van der Waals surface area contributed by atoms with Crippen LogP contribution in [-0.2, 0) is 4.79 Å². The second kappa shape index (κ2) is 9.39. The lowest BCUT2D eigenvalue weighted by atomic mass is 10.2. The highest BCUT2D eigenvalue weighted by Gasteiger charge is 2.12. The fourth-order valence-corrected chi connectivity index (χ4v) is 3.97. The van der Waals surface area contributed by atoms with Crippen LogP contribution in [0.4, 0.5) is 5.69 Å². The zero-order valence-corrected chi connectivity index (χ0v) is 17.1. The number of hydrogen-bond donors (Lipinski definition) is 1. The van der Waals surface area contributed by atoms with Crippen molar-refractivity contribution in [1.29, 1.82) is 0 Å². The van der Waals surface area contributed by atoms with Crippen LogP contribution < -0.4 is 19.9 Å². The summed E-state index contributed by atoms with van der Waals surface area (Å²) in [7, 11) is 3.15. The lowest BCUT2D eigenvalue weighted by Crippen LogP contribution is -2.22. The molecule has 1 N–H and O–H groups in total. The third-order valence-corrected chi connectivity index (χ3v) is 5.84. The maximum atomic E-state index is 12.1. The van der Waals surface area contributed by atoms with E-state index in [4.69, 9.17) is 9.47 Å². The Bertz CT molecular complexity index is 999. The molecule has 8 nitrogen and oxygen atoms in total. The van der Waals surface area contributed by atoms with Crippen LogP contribution in [0.5, 0.6) is 11.5 Å². The summed E-state index contributed by atoms with van der Waals surface area (Å²) in [5.41, 5.74) is 1.36. The van der Waals surface area contributed by atoms with Crippen molar-refractivity contribution < 1.29 is 24.2 Å². The van der Waals surface area contributed by atoms with Crippen LogP contribution in [0.15, 0.2) is 46.8 Å². The van der Waals surface area contributed by atoms with Crippen molar-refractivity contribution in [3.63, 3.8) is 0 Å². The predicted molar refractivity (Wildman–Crippen MR) is 109 cm³/mol. The van der Waals surface area contributed by atoms with Crippen molar-refractivity contribution in [2.24, 2.45) is 0 Å². The van der Waals surface area contributed by atoms with Crippen LogP contribution in [0.25, 0.3) is 10.6 Å². The smallest absolute Gasteiger partial charge is 0.234 e. The molecule has 29 heavy (non-hydrogen) atoms. The van der Waals surface area contributed by atoms with E-state index >= 15 is 0 Å². The molecule has 0 saturated carbocycles. The maximum Gasteiger partial charge on any atom is 0.234 e. The van der Waals surface area contributed by atoms with Gasteiger partial charge in [-0.25, -0.2) is 0 Å². The zero-order valence-electron chi connectivity index (χ0n) is 15.5. The number of hydrogen-bond acceptors (Lipinski definition) is 9. The summed E-state index contributed by atoms with van der Waals surface area (Å²) in [5, 5.41) is 22.4. The standard InChI is InChI=1S/C19H17N3O5S2/c1-26-14-7-12(8-15(9-14)27-2)17-21-22-19(29-17)28-10-16(23)20-13-5-3-11(4-6-13)18(24)25/h3-9H,10H2,1-2H3,(H,20,23)(H,24,25)/p-1. The third kappa shape index (κ3) is 5.46. The highest BCUT2D eigenvalue weighted by atomic mass is 32.2. The highest BCUT2D eigenvalue weighted by molar-refractivity contribution is 8.01. The summed E-state index contributed by atoms with van der Waals surface area (Å²) in [4.78, 5) is 22.9. The Hall–Kier alpha value is -3.11. The summed E-state index contributed by atoms with van der Waals surface area (Å²) in [6, 6.07) is 11.2. The molecule has 0 atom stereocenters. The van der Waals surface area contributed by atoms with Crippen LogP contribution in [-0.4, -0.2) is 42.0 Å². The number of amides is 1. The highest BCUT2D eigenvalue weighted by Crippen LogP contribution is 2.34. The van der Waals surface area contributed by atoms with Crippen LogP contribution in [0.1, 0.15) is 10.4 Å². The van der Waals surface area contributed by atoms with Crippen LogP contribution in [0, 0.1) is 0 Å². The van der Waals surface area contributed by atoms with Crippen molar-refractivity contribution in [1.82, 2.24) is 10.2 Å². The number of anilines is 1. The van der Waals surface area contributed by atoms with Crippen molar-refractivity contribution in [2.75, 3.05) is 25.3 Å². The largest absolute Gasteiger partial charge is 0.545 e. The topological polar surface area (TPSA) is 113 Å². The lowest BCUT2D eigenvalue weighted by molar-refractivity contribution is -0.255. The minimum Gasteiger partial charge on any atom is -0.545 e. The van der Waals surface area contributed by atoms with E-state index in [1.165, 1.54) is 47.4 Å². The molecule has 0 bridgehead atoms. The van der Waals surface area contributed by atoms with Crippen molar-refractivity contribution in [2.45, 2.75) is 4.34 Å². The van der Waals surface area contributed by atoms with E-state index in [1.807, 2.05) is 12.1 Å². The molecular formula is C19H16N3O5S2-. The molecule has 0 aliphatic carbocycles. The number of carbonyl (C=O) groups excluding carboxylic acids is 2. The Labute approximate surface area is 174 Å². The number of aromatic nitrogens is 2. The molecule has 0 unspecified atom stereocenters. The molecule has 1 aromatic heterocycles. The minimum absolute atomic E-state index is 0.0490. The zero-order chi connectivity index (χ0) is 20.8. The molecular weight excluding hydrogens is 414 g/mol. The number of rotatable bonds is 8. The molecule has 3 aromatic rings. The van der Waals surface area contributed by atoms with E-state index in [0.717, 1.165) is 5.56 Å². The lowest BCUT2D eigenvalue weighted by Gasteiger charge is -2.06. The van der Waals surface area contributed by atoms with Gasteiger partial charge >= 0.3 is 0 Å². The van der Waals surface area contributed by atoms with Gasteiger partial charge in [-0.2, -0.15) is 0 Å². The van der Waals surface area contributed by atoms with Gasteiger partial charge in [0.1, 0.15) is 16.5 Å². The first-order chi connectivity index (χ1) is 14.0. The molecule has 0 aliphatic heterocycles. The predicted octanol–water partition coefficient (Wildman–Crippen LogP) is 2.32. The van der Waals surface area contributed by atoms with Crippen molar-refractivity contribution in [3.05, 3.63) is 48.0 Å². The molecule has 10 heteroatoms. The van der Waals surface area contributed by atoms with E-state index in [9.17, 15) is 14.7 Å². The molecule has 0 aliphatic rings. The Morgan fingerprint density at radius 3 is 2.31 bits per heavy atom. The van der Waals surface area contributed by atoms with E-state index in [1.54, 1.807) is 20.3 Å². The summed E-state index contributed by atoms with van der Waals surface area (Å²) in [6.45, 7) is 0. The van der Waals surface area contributed by atoms with Gasteiger partial charge in [0.05, 0.1) is 25.9 Å². The van der Waals surface area contributed by atoms with E-state index < -0.39 is 5.97 Å². The van der Waals surface area contributed by atoms with Crippen molar-refractivity contribution in [3.8, 4) is 22.1 Å². The number of ether oxygens (including phenoxy) is 2. The molecule has 1 heterocycles. The minimum atomic E-state index is -1.26. The molecule has 1 amide bonds. The molecule has 2 aromatic carbocycles. The number of nitrogens with zero attached hydrogens (tertiary/aromatic N) is 2. The third-order valence-electron chi connectivity index (χ3n) is 3.74. The monoisotopic (exact) mass is 430 g/mol. The fourth-order valence-electron chi connectivity index (χ4n) is 2.33.